The summed E-state index contributed by atoms with van der Waals surface area (Å²) in [6.07, 6.45) is 7.87. The molecular weight excluding hydrogens is 266 g/mol. The number of carbonyl (C=O) groups is 1. The molecule has 0 aromatic carbocycles. The molecule has 0 radical (unpaired) electrons. The highest BCUT2D eigenvalue weighted by Gasteiger charge is 2.15. The third-order valence-corrected chi connectivity index (χ3v) is 3.71. The van der Waals surface area contributed by atoms with E-state index in [2.05, 4.69) is 20.7 Å². The first kappa shape index (κ1) is 13.8. The van der Waals surface area contributed by atoms with Gasteiger partial charge in [-0.2, -0.15) is 5.10 Å². The molecule has 2 aromatic heterocycles. The number of hydrogen-bond donors (Lipinski definition) is 2. The van der Waals surface area contributed by atoms with Gasteiger partial charge in [0.2, 0.25) is 5.91 Å². The molecule has 3 rings (SSSR count). The highest BCUT2D eigenvalue weighted by atomic mass is 16.1. The quantitative estimate of drug-likeness (QED) is 0.875. The second-order valence-corrected chi connectivity index (χ2v) is 5.30. The summed E-state index contributed by atoms with van der Waals surface area (Å²) in [5.74, 6) is 1.42. The summed E-state index contributed by atoms with van der Waals surface area (Å²) in [7, 11) is 0. The normalized spacial score (nSPS) is 17.8. The molecule has 2 aromatic rings. The summed E-state index contributed by atoms with van der Waals surface area (Å²) in [4.78, 5) is 16.2. The Morgan fingerprint density at radius 3 is 3.10 bits per heavy atom. The average Bonchev–Trinajstić information content (AvgIpc) is 3.19. The van der Waals surface area contributed by atoms with Crippen LogP contribution in [0.4, 0.5) is 5.69 Å². The van der Waals surface area contributed by atoms with Crippen LogP contribution in [0.25, 0.3) is 5.82 Å². The minimum atomic E-state index is 0.0514. The molecule has 1 amide bonds. The molecule has 1 unspecified atom stereocenters. The molecule has 6 nitrogen and oxygen atoms in total. The molecule has 3 heterocycles. The lowest BCUT2D eigenvalue weighted by atomic mass is 10.0. The Balaban J connectivity index is 1.51. The molecule has 1 atom stereocenters. The second kappa shape index (κ2) is 6.49. The lowest BCUT2D eigenvalue weighted by Gasteiger charge is -2.09. The number of amides is 1. The number of aromatic nitrogens is 3. The molecular formula is C15H19N5O. The Hall–Kier alpha value is -2.21. The maximum Gasteiger partial charge on any atom is 0.224 e. The molecule has 21 heavy (non-hydrogen) atoms. The summed E-state index contributed by atoms with van der Waals surface area (Å²) in [6.45, 7) is 2.11. The summed E-state index contributed by atoms with van der Waals surface area (Å²) in [5.41, 5.74) is 0.723. The van der Waals surface area contributed by atoms with Gasteiger partial charge in [0.1, 0.15) is 0 Å². The van der Waals surface area contributed by atoms with Crippen LogP contribution < -0.4 is 10.6 Å². The highest BCUT2D eigenvalue weighted by Crippen LogP contribution is 2.15. The first-order chi connectivity index (χ1) is 10.3. The third-order valence-electron chi connectivity index (χ3n) is 3.71. The van der Waals surface area contributed by atoms with Gasteiger partial charge in [-0.3, -0.25) is 4.79 Å². The SMILES string of the molecule is O=C(CCC1CCNC1)Nc1ccc(-n2cccn2)nc1. The van der Waals surface area contributed by atoms with Crippen molar-refractivity contribution in [1.29, 1.82) is 0 Å². The lowest BCUT2D eigenvalue weighted by molar-refractivity contribution is -0.116. The van der Waals surface area contributed by atoms with Gasteiger partial charge in [-0.25, -0.2) is 9.67 Å². The third kappa shape index (κ3) is 3.66. The van der Waals surface area contributed by atoms with Crippen LogP contribution in [0.15, 0.2) is 36.8 Å². The lowest BCUT2D eigenvalue weighted by Crippen LogP contribution is -2.15. The van der Waals surface area contributed by atoms with E-state index in [1.165, 1.54) is 6.42 Å². The van der Waals surface area contributed by atoms with E-state index in [-0.39, 0.29) is 5.91 Å². The second-order valence-electron chi connectivity index (χ2n) is 5.30. The van der Waals surface area contributed by atoms with E-state index < -0.39 is 0 Å². The van der Waals surface area contributed by atoms with Crippen molar-refractivity contribution in [3.63, 3.8) is 0 Å². The minimum Gasteiger partial charge on any atom is -0.325 e. The average molecular weight is 285 g/mol. The van der Waals surface area contributed by atoms with Gasteiger partial charge >= 0.3 is 0 Å². The Kier molecular flexibility index (Phi) is 4.25. The van der Waals surface area contributed by atoms with Crippen molar-refractivity contribution in [2.45, 2.75) is 19.3 Å². The summed E-state index contributed by atoms with van der Waals surface area (Å²) < 4.78 is 1.68. The van der Waals surface area contributed by atoms with Crippen molar-refractivity contribution in [3.8, 4) is 5.82 Å². The predicted molar refractivity (Wildman–Crippen MR) is 80.2 cm³/mol. The highest BCUT2D eigenvalue weighted by molar-refractivity contribution is 5.90. The van der Waals surface area contributed by atoms with Crippen molar-refractivity contribution in [3.05, 3.63) is 36.8 Å². The van der Waals surface area contributed by atoms with E-state index in [9.17, 15) is 4.79 Å². The number of nitrogens with zero attached hydrogens (tertiary/aromatic N) is 3. The van der Waals surface area contributed by atoms with Crippen molar-refractivity contribution < 1.29 is 4.79 Å². The molecule has 0 saturated carbocycles. The first-order valence-electron chi connectivity index (χ1n) is 7.28. The van der Waals surface area contributed by atoms with Crippen LogP contribution in [0.1, 0.15) is 19.3 Å². The van der Waals surface area contributed by atoms with Crippen LogP contribution in [-0.2, 0) is 4.79 Å². The minimum absolute atomic E-state index is 0.0514. The predicted octanol–water partition coefficient (Wildman–Crippen LogP) is 1.60. The molecule has 0 aliphatic carbocycles. The molecule has 1 aliphatic rings. The Labute approximate surface area is 123 Å². The maximum atomic E-state index is 11.9. The molecule has 1 fully saturated rings. The molecule has 2 N–H and O–H groups in total. The number of hydrogen-bond acceptors (Lipinski definition) is 4. The molecule has 110 valence electrons. The van der Waals surface area contributed by atoms with Crippen molar-refractivity contribution in [2.24, 2.45) is 5.92 Å². The maximum absolute atomic E-state index is 11.9. The topological polar surface area (TPSA) is 71.8 Å². The van der Waals surface area contributed by atoms with E-state index in [0.29, 0.717) is 12.3 Å². The number of nitrogens with one attached hydrogen (secondary N) is 2. The van der Waals surface area contributed by atoms with E-state index in [1.807, 2.05) is 24.4 Å². The Morgan fingerprint density at radius 1 is 1.48 bits per heavy atom. The van der Waals surface area contributed by atoms with Gasteiger partial charge in [0.05, 0.1) is 11.9 Å². The van der Waals surface area contributed by atoms with Crippen LogP contribution >= 0.6 is 0 Å². The molecule has 1 saturated heterocycles. The van der Waals surface area contributed by atoms with Crippen LogP contribution in [0, 0.1) is 5.92 Å². The largest absolute Gasteiger partial charge is 0.325 e. The van der Waals surface area contributed by atoms with Crippen molar-refractivity contribution in [2.75, 3.05) is 18.4 Å². The van der Waals surface area contributed by atoms with Gasteiger partial charge < -0.3 is 10.6 Å². The Bertz CT molecular complexity index is 573. The smallest absolute Gasteiger partial charge is 0.224 e. The van der Waals surface area contributed by atoms with Crippen LogP contribution in [0.3, 0.4) is 0 Å². The van der Waals surface area contributed by atoms with Crippen LogP contribution in [-0.4, -0.2) is 33.8 Å². The first-order valence-corrected chi connectivity index (χ1v) is 7.28. The van der Waals surface area contributed by atoms with E-state index >= 15 is 0 Å². The zero-order chi connectivity index (χ0) is 14.5. The summed E-state index contributed by atoms with van der Waals surface area (Å²) in [5, 5.41) is 10.3. The number of anilines is 1. The molecule has 0 spiro atoms. The number of carbonyl (C=O) groups excluding carboxylic acids is 1. The van der Waals surface area contributed by atoms with Gasteiger partial charge in [-0.15, -0.1) is 0 Å². The Morgan fingerprint density at radius 2 is 2.43 bits per heavy atom. The zero-order valence-electron chi connectivity index (χ0n) is 11.8. The van der Waals surface area contributed by atoms with Gasteiger partial charge in [-0.1, -0.05) is 0 Å². The standard InChI is InChI=1S/C15H19N5O/c21-15(5-2-12-6-8-16-10-12)19-13-3-4-14(17-11-13)20-9-1-7-18-20/h1,3-4,7,9,11-12,16H,2,5-6,8,10H2,(H,19,21). The van der Waals surface area contributed by atoms with Gasteiger partial charge in [0.15, 0.2) is 5.82 Å². The fourth-order valence-electron chi connectivity index (χ4n) is 2.52. The van der Waals surface area contributed by atoms with E-state index in [1.54, 1.807) is 17.1 Å². The van der Waals surface area contributed by atoms with Gasteiger partial charge in [0.25, 0.3) is 0 Å². The van der Waals surface area contributed by atoms with E-state index in [4.69, 9.17) is 0 Å². The fourth-order valence-corrected chi connectivity index (χ4v) is 2.52. The molecule has 6 heteroatoms. The number of pyridine rings is 1. The summed E-state index contributed by atoms with van der Waals surface area (Å²) >= 11 is 0. The van der Waals surface area contributed by atoms with Crippen molar-refractivity contribution in [1.82, 2.24) is 20.1 Å². The van der Waals surface area contributed by atoms with Gasteiger partial charge in [-0.05, 0) is 50.0 Å². The van der Waals surface area contributed by atoms with E-state index in [0.717, 1.165) is 31.0 Å². The van der Waals surface area contributed by atoms with Crippen LogP contribution in [0.5, 0.6) is 0 Å². The fraction of sp³-hybridized carbons (Fsp3) is 0.400. The van der Waals surface area contributed by atoms with Crippen molar-refractivity contribution >= 4 is 11.6 Å². The number of rotatable bonds is 5. The summed E-state index contributed by atoms with van der Waals surface area (Å²) in [6, 6.07) is 5.53. The zero-order valence-corrected chi connectivity index (χ0v) is 11.8. The van der Waals surface area contributed by atoms with Crippen LogP contribution in [0.2, 0.25) is 0 Å². The monoisotopic (exact) mass is 285 g/mol. The van der Waals surface area contributed by atoms with Gasteiger partial charge in [0, 0.05) is 18.8 Å². The molecule has 1 aliphatic heterocycles. The molecule has 0 bridgehead atoms.